The lowest BCUT2D eigenvalue weighted by molar-refractivity contribution is -0.131. The predicted molar refractivity (Wildman–Crippen MR) is 130 cm³/mol. The molecule has 0 bridgehead atoms. The van der Waals surface area contributed by atoms with E-state index >= 15 is 0 Å². The summed E-state index contributed by atoms with van der Waals surface area (Å²) in [6.07, 6.45) is 0.599. The Kier molecular flexibility index (Phi) is 6.74. The van der Waals surface area contributed by atoms with Gasteiger partial charge in [0.2, 0.25) is 0 Å². The number of nitrogens with zero attached hydrogens (tertiary/aromatic N) is 2. The molecule has 1 unspecified atom stereocenters. The zero-order valence-corrected chi connectivity index (χ0v) is 19.5. The minimum atomic E-state index is -0.264. The van der Waals surface area contributed by atoms with Crippen LogP contribution in [-0.2, 0) is 4.79 Å². The minimum Gasteiger partial charge on any atom is -0.493 e. The zero-order chi connectivity index (χ0) is 23.4. The molecule has 1 amide bonds. The number of carbonyl (C=O) groups excluding carboxylic acids is 2. The summed E-state index contributed by atoms with van der Waals surface area (Å²) in [7, 11) is 3.18. The SMILES string of the molecule is COc1ccc(C2CC(c3cccs3)=NN2C(=O)CNc2cccc(C(C)=O)c2)cc1OC. The number of thiophene rings is 1. The maximum absolute atomic E-state index is 13.3. The molecule has 7 nitrogen and oxygen atoms in total. The number of hydrazone groups is 1. The Balaban J connectivity index is 1.58. The van der Waals surface area contributed by atoms with Gasteiger partial charge in [0, 0.05) is 17.7 Å². The standard InChI is InChI=1S/C25H25N3O4S/c1-16(29)17-6-4-7-19(12-17)26-15-25(30)28-21(14-20(27-28)24-8-5-11-33-24)18-9-10-22(31-2)23(13-18)32-3/h4-13,21,26H,14-15H2,1-3H3. The molecule has 0 aliphatic carbocycles. The van der Waals surface area contributed by atoms with Crippen LogP contribution in [0.25, 0.3) is 0 Å². The van der Waals surface area contributed by atoms with Crippen molar-refractivity contribution in [1.82, 2.24) is 5.01 Å². The van der Waals surface area contributed by atoms with Gasteiger partial charge >= 0.3 is 0 Å². The van der Waals surface area contributed by atoms with Crippen LogP contribution in [-0.4, -0.2) is 43.2 Å². The van der Waals surface area contributed by atoms with E-state index in [1.54, 1.807) is 43.8 Å². The molecule has 33 heavy (non-hydrogen) atoms. The highest BCUT2D eigenvalue weighted by Crippen LogP contribution is 2.37. The van der Waals surface area contributed by atoms with Gasteiger partial charge in [-0.05, 0) is 48.2 Å². The molecule has 0 saturated heterocycles. The fourth-order valence-corrected chi connectivity index (χ4v) is 4.48. The van der Waals surface area contributed by atoms with Crippen LogP contribution < -0.4 is 14.8 Å². The third kappa shape index (κ3) is 4.90. The van der Waals surface area contributed by atoms with Crippen molar-refractivity contribution < 1.29 is 19.1 Å². The first kappa shape index (κ1) is 22.5. The second kappa shape index (κ2) is 9.87. The molecule has 0 spiro atoms. The summed E-state index contributed by atoms with van der Waals surface area (Å²) in [5.74, 6) is 1.03. The van der Waals surface area contributed by atoms with Crippen LogP contribution in [0.4, 0.5) is 5.69 Å². The molecule has 0 radical (unpaired) electrons. The van der Waals surface area contributed by atoms with E-state index in [4.69, 9.17) is 9.47 Å². The molecular weight excluding hydrogens is 438 g/mol. The molecule has 0 fully saturated rings. The predicted octanol–water partition coefficient (Wildman–Crippen LogP) is 4.76. The molecule has 2 heterocycles. The van der Waals surface area contributed by atoms with Gasteiger partial charge in [-0.2, -0.15) is 5.10 Å². The summed E-state index contributed by atoms with van der Waals surface area (Å²) >= 11 is 1.60. The lowest BCUT2D eigenvalue weighted by Gasteiger charge is -2.23. The number of methoxy groups -OCH3 is 2. The monoisotopic (exact) mass is 463 g/mol. The van der Waals surface area contributed by atoms with Crippen LogP contribution in [0.1, 0.15) is 40.2 Å². The fourth-order valence-electron chi connectivity index (χ4n) is 3.76. The van der Waals surface area contributed by atoms with Crippen LogP contribution in [0.5, 0.6) is 11.5 Å². The first-order valence-electron chi connectivity index (χ1n) is 10.5. The zero-order valence-electron chi connectivity index (χ0n) is 18.7. The summed E-state index contributed by atoms with van der Waals surface area (Å²) in [6.45, 7) is 1.56. The van der Waals surface area contributed by atoms with Gasteiger partial charge < -0.3 is 14.8 Å². The maximum atomic E-state index is 13.3. The average Bonchev–Trinajstić information content (AvgIpc) is 3.52. The second-order valence-electron chi connectivity index (χ2n) is 7.59. The van der Waals surface area contributed by atoms with E-state index in [9.17, 15) is 9.59 Å². The topological polar surface area (TPSA) is 80.2 Å². The van der Waals surface area contributed by atoms with E-state index < -0.39 is 0 Å². The van der Waals surface area contributed by atoms with Gasteiger partial charge in [0.25, 0.3) is 5.91 Å². The Morgan fingerprint density at radius 2 is 1.91 bits per heavy atom. The molecule has 1 N–H and O–H groups in total. The number of carbonyl (C=O) groups is 2. The first-order chi connectivity index (χ1) is 16.0. The van der Waals surface area contributed by atoms with Crippen molar-refractivity contribution in [3.8, 4) is 11.5 Å². The number of amides is 1. The number of ether oxygens (including phenoxy) is 2. The van der Waals surface area contributed by atoms with Crippen molar-refractivity contribution in [2.24, 2.45) is 5.10 Å². The van der Waals surface area contributed by atoms with Crippen LogP contribution in [0.3, 0.4) is 0 Å². The summed E-state index contributed by atoms with van der Waals surface area (Å²) in [6, 6.07) is 16.5. The Morgan fingerprint density at radius 1 is 1.09 bits per heavy atom. The van der Waals surface area contributed by atoms with Gasteiger partial charge in [-0.3, -0.25) is 9.59 Å². The number of nitrogens with one attached hydrogen (secondary N) is 1. The van der Waals surface area contributed by atoms with Gasteiger partial charge in [0.1, 0.15) is 0 Å². The van der Waals surface area contributed by atoms with Gasteiger partial charge in [-0.1, -0.05) is 24.3 Å². The third-order valence-electron chi connectivity index (χ3n) is 5.48. The van der Waals surface area contributed by atoms with Crippen molar-refractivity contribution in [3.05, 3.63) is 76.0 Å². The molecule has 3 aromatic rings. The Morgan fingerprint density at radius 3 is 2.61 bits per heavy atom. The normalized spacial score (nSPS) is 15.2. The number of Topliss-reactive ketones (excluding diaryl/α,β-unsaturated/α-hetero) is 1. The lowest BCUT2D eigenvalue weighted by Crippen LogP contribution is -2.32. The summed E-state index contributed by atoms with van der Waals surface area (Å²) in [4.78, 5) is 25.9. The fraction of sp³-hybridized carbons (Fsp3) is 0.240. The number of rotatable bonds is 8. The van der Waals surface area contributed by atoms with E-state index in [1.165, 1.54) is 11.9 Å². The molecule has 0 saturated carbocycles. The number of ketones is 1. The Hall–Kier alpha value is -3.65. The molecule has 4 rings (SSSR count). The lowest BCUT2D eigenvalue weighted by atomic mass is 10.0. The third-order valence-corrected chi connectivity index (χ3v) is 6.40. The second-order valence-corrected chi connectivity index (χ2v) is 8.53. The van der Waals surface area contributed by atoms with Crippen molar-refractivity contribution in [1.29, 1.82) is 0 Å². The highest BCUT2D eigenvalue weighted by Gasteiger charge is 2.33. The van der Waals surface area contributed by atoms with E-state index in [2.05, 4.69) is 10.4 Å². The van der Waals surface area contributed by atoms with Crippen molar-refractivity contribution >= 4 is 34.4 Å². The quantitative estimate of drug-likeness (QED) is 0.487. The average molecular weight is 464 g/mol. The Labute approximate surface area is 196 Å². The number of anilines is 1. The van der Waals surface area contributed by atoms with Crippen LogP contribution >= 0.6 is 11.3 Å². The van der Waals surface area contributed by atoms with Gasteiger partial charge in [-0.15, -0.1) is 11.3 Å². The molecule has 2 aromatic carbocycles. The van der Waals surface area contributed by atoms with E-state index in [0.29, 0.717) is 29.2 Å². The van der Waals surface area contributed by atoms with E-state index in [0.717, 1.165) is 16.2 Å². The number of hydrogen-bond acceptors (Lipinski definition) is 7. The molecule has 1 aromatic heterocycles. The highest BCUT2D eigenvalue weighted by atomic mass is 32.1. The van der Waals surface area contributed by atoms with Gasteiger partial charge in [0.05, 0.1) is 37.4 Å². The van der Waals surface area contributed by atoms with Gasteiger partial charge in [0.15, 0.2) is 17.3 Å². The molecule has 170 valence electrons. The number of hydrogen-bond donors (Lipinski definition) is 1. The highest BCUT2D eigenvalue weighted by molar-refractivity contribution is 7.12. The molecule has 1 aliphatic heterocycles. The van der Waals surface area contributed by atoms with E-state index in [-0.39, 0.29) is 24.3 Å². The largest absolute Gasteiger partial charge is 0.493 e. The molecule has 8 heteroatoms. The summed E-state index contributed by atoms with van der Waals surface area (Å²) in [5, 5.41) is 11.4. The maximum Gasteiger partial charge on any atom is 0.262 e. The minimum absolute atomic E-state index is 0.0248. The summed E-state index contributed by atoms with van der Waals surface area (Å²) in [5.41, 5.74) is 3.08. The molecule has 1 aliphatic rings. The van der Waals surface area contributed by atoms with Crippen LogP contribution in [0.2, 0.25) is 0 Å². The van der Waals surface area contributed by atoms with Gasteiger partial charge in [-0.25, -0.2) is 5.01 Å². The van der Waals surface area contributed by atoms with Crippen molar-refractivity contribution in [2.45, 2.75) is 19.4 Å². The van der Waals surface area contributed by atoms with Crippen LogP contribution in [0.15, 0.2) is 65.1 Å². The summed E-state index contributed by atoms with van der Waals surface area (Å²) < 4.78 is 10.8. The van der Waals surface area contributed by atoms with Crippen molar-refractivity contribution in [2.75, 3.05) is 26.1 Å². The van der Waals surface area contributed by atoms with Crippen molar-refractivity contribution in [3.63, 3.8) is 0 Å². The smallest absolute Gasteiger partial charge is 0.262 e. The first-order valence-corrected chi connectivity index (χ1v) is 11.4. The van der Waals surface area contributed by atoms with Crippen LogP contribution in [0, 0.1) is 0 Å². The molecule has 1 atom stereocenters. The van der Waals surface area contributed by atoms with E-state index in [1.807, 2.05) is 41.8 Å². The number of benzene rings is 2. The molecular formula is C25H25N3O4S. The Bertz CT molecular complexity index is 1190.